The van der Waals surface area contributed by atoms with E-state index < -0.39 is 0 Å². The minimum absolute atomic E-state index is 0.173. The number of amides is 1. The maximum Gasteiger partial charge on any atom is 0.236 e. The molecule has 1 saturated heterocycles. The van der Waals surface area contributed by atoms with Gasteiger partial charge < -0.3 is 4.90 Å². The van der Waals surface area contributed by atoms with E-state index in [1.165, 1.54) is 24.0 Å². The van der Waals surface area contributed by atoms with E-state index in [4.69, 9.17) is 0 Å². The van der Waals surface area contributed by atoms with Crippen molar-refractivity contribution in [2.24, 2.45) is 5.92 Å². The van der Waals surface area contributed by atoms with E-state index in [1.54, 1.807) is 0 Å². The van der Waals surface area contributed by atoms with Gasteiger partial charge in [0.05, 0.1) is 6.54 Å². The van der Waals surface area contributed by atoms with Crippen LogP contribution in [-0.4, -0.2) is 66.9 Å². The van der Waals surface area contributed by atoms with Gasteiger partial charge in [-0.1, -0.05) is 24.3 Å². The van der Waals surface area contributed by atoms with Crippen molar-refractivity contribution in [3.8, 4) is 0 Å². The van der Waals surface area contributed by atoms with Gasteiger partial charge in [0.2, 0.25) is 5.91 Å². The Morgan fingerprint density at radius 1 is 1.19 bits per heavy atom. The van der Waals surface area contributed by atoms with Crippen LogP contribution in [0.15, 0.2) is 24.3 Å². The molecule has 0 unspecified atom stereocenters. The second-order valence-electron chi connectivity index (χ2n) is 8.51. The first-order valence-electron chi connectivity index (χ1n) is 10.4. The molecule has 2 fully saturated rings. The Morgan fingerprint density at radius 3 is 2.62 bits per heavy atom. The Labute approximate surface area is 158 Å². The van der Waals surface area contributed by atoms with Gasteiger partial charge in [-0.2, -0.15) is 0 Å². The number of nitrogens with zero attached hydrogens (tertiary/aromatic N) is 3. The molecule has 4 heteroatoms. The largest absolute Gasteiger partial charge is 0.342 e. The van der Waals surface area contributed by atoms with Crippen molar-refractivity contribution in [3.05, 3.63) is 35.4 Å². The third-order valence-electron chi connectivity index (χ3n) is 6.92. The fraction of sp³-hybridized carbons (Fsp3) is 0.682. The number of fused-ring (bicyclic) bond motifs is 2. The third-order valence-corrected chi connectivity index (χ3v) is 6.92. The lowest BCUT2D eigenvalue weighted by Crippen LogP contribution is -2.55. The Hall–Kier alpha value is -1.39. The normalized spacial score (nSPS) is 23.0. The lowest BCUT2D eigenvalue weighted by Gasteiger charge is -2.51. The lowest BCUT2D eigenvalue weighted by atomic mass is 9.74. The lowest BCUT2D eigenvalue weighted by molar-refractivity contribution is -0.133. The first kappa shape index (κ1) is 18.0. The van der Waals surface area contributed by atoms with Crippen molar-refractivity contribution in [2.45, 2.75) is 44.6 Å². The van der Waals surface area contributed by atoms with Crippen LogP contribution in [0.2, 0.25) is 0 Å². The van der Waals surface area contributed by atoms with Gasteiger partial charge in [0, 0.05) is 38.3 Å². The van der Waals surface area contributed by atoms with Crippen LogP contribution in [0.4, 0.5) is 0 Å². The second kappa shape index (κ2) is 7.32. The van der Waals surface area contributed by atoms with Crippen LogP contribution in [0.1, 0.15) is 43.7 Å². The molecular formula is C22H33N3O. The summed E-state index contributed by atoms with van der Waals surface area (Å²) in [5, 5.41) is 0. The molecule has 1 aliphatic carbocycles. The number of hydrogen-bond acceptors (Lipinski definition) is 3. The zero-order valence-corrected chi connectivity index (χ0v) is 16.4. The summed E-state index contributed by atoms with van der Waals surface area (Å²) in [4.78, 5) is 19.7. The molecule has 2 aliphatic heterocycles. The number of rotatable bonds is 5. The molecule has 1 amide bonds. The van der Waals surface area contributed by atoms with Crippen molar-refractivity contribution in [1.82, 2.24) is 14.7 Å². The molecule has 26 heavy (non-hydrogen) atoms. The molecule has 0 bridgehead atoms. The molecule has 1 aromatic carbocycles. The SMILES string of the molecule is CCN(CC1CC1)C(=O)CN1CCC2(CC1)c1ccccc1CCN2C. The summed E-state index contributed by atoms with van der Waals surface area (Å²) in [6, 6.07) is 8.99. The summed E-state index contributed by atoms with van der Waals surface area (Å²) < 4.78 is 0. The Kier molecular flexibility index (Phi) is 5.07. The fourth-order valence-electron chi connectivity index (χ4n) is 4.94. The summed E-state index contributed by atoms with van der Waals surface area (Å²) in [7, 11) is 2.28. The number of piperidine rings is 1. The van der Waals surface area contributed by atoms with E-state index >= 15 is 0 Å². The predicted molar refractivity (Wildman–Crippen MR) is 105 cm³/mol. The average molecular weight is 356 g/mol. The molecule has 1 spiro atoms. The van der Waals surface area contributed by atoms with Crippen molar-refractivity contribution >= 4 is 5.91 Å². The van der Waals surface area contributed by atoms with Gasteiger partial charge >= 0.3 is 0 Å². The predicted octanol–water partition coefficient (Wildman–Crippen LogP) is 2.72. The van der Waals surface area contributed by atoms with Gasteiger partial charge in [-0.3, -0.25) is 14.6 Å². The number of likely N-dealkylation sites (tertiary alicyclic amines) is 1. The van der Waals surface area contributed by atoms with Crippen LogP contribution in [0.3, 0.4) is 0 Å². The van der Waals surface area contributed by atoms with Crippen LogP contribution < -0.4 is 0 Å². The number of carbonyl (C=O) groups excluding carboxylic acids is 1. The summed E-state index contributed by atoms with van der Waals surface area (Å²) in [5.41, 5.74) is 3.23. The molecule has 2 heterocycles. The fourth-order valence-corrected chi connectivity index (χ4v) is 4.94. The number of carbonyl (C=O) groups is 1. The Bertz CT molecular complexity index is 647. The Morgan fingerprint density at radius 2 is 1.92 bits per heavy atom. The molecular weight excluding hydrogens is 322 g/mol. The maximum atomic E-state index is 12.7. The van der Waals surface area contributed by atoms with Gasteiger partial charge in [-0.05, 0) is 63.1 Å². The standard InChI is InChI=1S/C22H33N3O/c1-3-25(16-18-8-9-18)21(26)17-24-14-11-22(12-15-24)20-7-5-4-6-19(20)10-13-23(22)2/h4-7,18H,3,8-17H2,1-2H3. The van der Waals surface area contributed by atoms with Crippen LogP contribution in [-0.2, 0) is 16.8 Å². The van der Waals surface area contributed by atoms with Crippen LogP contribution >= 0.6 is 0 Å². The molecule has 1 saturated carbocycles. The smallest absolute Gasteiger partial charge is 0.236 e. The first-order chi connectivity index (χ1) is 12.6. The zero-order valence-electron chi connectivity index (χ0n) is 16.4. The minimum atomic E-state index is 0.173. The highest BCUT2D eigenvalue weighted by Crippen LogP contribution is 2.42. The maximum absolute atomic E-state index is 12.7. The zero-order chi connectivity index (χ0) is 18.1. The van der Waals surface area contributed by atoms with Crippen LogP contribution in [0.5, 0.6) is 0 Å². The summed E-state index contributed by atoms with van der Waals surface area (Å²) in [6.07, 6.45) is 6.03. The van der Waals surface area contributed by atoms with Crippen LogP contribution in [0, 0.1) is 5.92 Å². The van der Waals surface area contributed by atoms with Gasteiger partial charge in [-0.15, -0.1) is 0 Å². The van der Waals surface area contributed by atoms with E-state index in [2.05, 4.69) is 52.9 Å². The highest BCUT2D eigenvalue weighted by molar-refractivity contribution is 5.78. The highest BCUT2D eigenvalue weighted by Gasteiger charge is 2.43. The Balaban J connectivity index is 1.40. The van der Waals surface area contributed by atoms with E-state index in [1.807, 2.05) is 0 Å². The summed E-state index contributed by atoms with van der Waals surface area (Å²) >= 11 is 0. The quantitative estimate of drug-likeness (QED) is 0.813. The summed E-state index contributed by atoms with van der Waals surface area (Å²) in [5.74, 6) is 1.10. The topological polar surface area (TPSA) is 26.8 Å². The molecule has 0 N–H and O–H groups in total. The van der Waals surface area contributed by atoms with Gasteiger partial charge in [0.25, 0.3) is 0 Å². The average Bonchev–Trinajstić information content (AvgIpc) is 3.49. The molecule has 0 aromatic heterocycles. The molecule has 142 valence electrons. The molecule has 4 rings (SSSR count). The molecule has 0 radical (unpaired) electrons. The van der Waals surface area contributed by atoms with Crippen molar-refractivity contribution in [1.29, 1.82) is 0 Å². The van der Waals surface area contributed by atoms with Gasteiger partial charge in [0.15, 0.2) is 0 Å². The number of hydrogen-bond donors (Lipinski definition) is 0. The molecule has 1 aromatic rings. The van der Waals surface area contributed by atoms with Gasteiger partial charge in [0.1, 0.15) is 0 Å². The van der Waals surface area contributed by atoms with Crippen molar-refractivity contribution in [2.75, 3.05) is 46.3 Å². The number of benzene rings is 1. The van der Waals surface area contributed by atoms with E-state index in [0.717, 1.165) is 57.9 Å². The molecule has 4 nitrogen and oxygen atoms in total. The van der Waals surface area contributed by atoms with E-state index in [-0.39, 0.29) is 5.54 Å². The van der Waals surface area contributed by atoms with E-state index in [9.17, 15) is 4.79 Å². The molecule has 0 atom stereocenters. The third kappa shape index (κ3) is 3.41. The highest BCUT2D eigenvalue weighted by atomic mass is 16.2. The van der Waals surface area contributed by atoms with E-state index in [0.29, 0.717) is 12.5 Å². The number of likely N-dealkylation sites (N-methyl/N-ethyl adjacent to an activating group) is 2. The van der Waals surface area contributed by atoms with Crippen molar-refractivity contribution in [3.63, 3.8) is 0 Å². The minimum Gasteiger partial charge on any atom is -0.342 e. The summed E-state index contributed by atoms with van der Waals surface area (Å²) in [6.45, 7) is 7.71. The first-order valence-corrected chi connectivity index (χ1v) is 10.4. The second-order valence-corrected chi connectivity index (χ2v) is 8.51. The monoisotopic (exact) mass is 355 g/mol. The van der Waals surface area contributed by atoms with Crippen LogP contribution in [0.25, 0.3) is 0 Å². The molecule has 3 aliphatic rings. The van der Waals surface area contributed by atoms with Gasteiger partial charge in [-0.25, -0.2) is 0 Å². The van der Waals surface area contributed by atoms with Crippen molar-refractivity contribution < 1.29 is 4.79 Å².